The van der Waals surface area contributed by atoms with Gasteiger partial charge in [0.25, 0.3) is 17.9 Å². The molecule has 1 aliphatic heterocycles. The number of thiazole rings is 1. The summed E-state index contributed by atoms with van der Waals surface area (Å²) in [4.78, 5) is 50.8. The average Bonchev–Trinajstić information content (AvgIpc) is 3.67. The van der Waals surface area contributed by atoms with Crippen LogP contribution in [0.5, 0.6) is 5.75 Å². The second kappa shape index (κ2) is 13.7. The quantitative estimate of drug-likeness (QED) is 0.0322. The Morgan fingerprint density at radius 1 is 1.23 bits per heavy atom. The molecule has 0 bridgehead atoms. The molecule has 2 fully saturated rings. The lowest BCUT2D eigenvalue weighted by Gasteiger charge is -2.43. The number of amidine groups is 1. The van der Waals surface area contributed by atoms with Gasteiger partial charge in [-0.2, -0.15) is 13.5 Å². The van der Waals surface area contributed by atoms with E-state index in [9.17, 15) is 32.5 Å². The number of β-lactam (4-membered cyclic amide) rings is 1. The lowest BCUT2D eigenvalue weighted by molar-refractivity contribution is -0.152. The Morgan fingerprint density at radius 2 is 1.96 bits per heavy atom. The number of aliphatic carboxylic acids is 1. The largest absolute Gasteiger partial charge is 0.489 e. The van der Waals surface area contributed by atoms with Gasteiger partial charge < -0.3 is 36.8 Å². The van der Waals surface area contributed by atoms with Gasteiger partial charge >= 0.3 is 16.3 Å². The minimum Gasteiger partial charge on any atom is -0.489 e. The van der Waals surface area contributed by atoms with Crippen LogP contribution in [0.15, 0.2) is 47.5 Å². The van der Waals surface area contributed by atoms with Crippen molar-refractivity contribution < 1.29 is 42.0 Å². The van der Waals surface area contributed by atoms with E-state index in [0.29, 0.717) is 5.56 Å². The molecule has 1 saturated carbocycles. The Balaban J connectivity index is 1.26. The molecule has 1 aromatic carbocycles. The van der Waals surface area contributed by atoms with Crippen LogP contribution in [0.1, 0.15) is 24.1 Å². The first kappa shape index (κ1) is 33.2. The number of nitrogens with two attached hydrogens (primary N) is 2. The number of amides is 2. The number of anilines is 1. The zero-order valence-electron chi connectivity index (χ0n) is 24.2. The Morgan fingerprint density at radius 3 is 2.53 bits per heavy atom. The number of nitrogens with one attached hydrogen (secondary N) is 3. The maximum Gasteiger partial charge on any atom is 0.362 e. The van der Waals surface area contributed by atoms with Crippen LogP contribution in [0.3, 0.4) is 0 Å². The van der Waals surface area contributed by atoms with Crippen LogP contribution in [-0.2, 0) is 36.1 Å². The first-order chi connectivity index (χ1) is 22.3. The van der Waals surface area contributed by atoms with Gasteiger partial charge in [0.05, 0.1) is 12.6 Å². The summed E-state index contributed by atoms with van der Waals surface area (Å²) in [6.45, 7) is -0.818. The number of carboxylic acids is 1. The predicted molar refractivity (Wildman–Crippen MR) is 163 cm³/mol. The molecule has 2 amide bonds. The average molecular weight is 692 g/mol. The summed E-state index contributed by atoms with van der Waals surface area (Å²) < 4.78 is 40.1. The maximum atomic E-state index is 13.3. The number of carbonyl (C=O) groups excluding carboxylic acids is 2. The number of hydrogen-bond acceptors (Lipinski definition) is 15. The van der Waals surface area contributed by atoms with Crippen molar-refractivity contribution in [1.29, 1.82) is 5.41 Å². The Bertz CT molecular complexity index is 1780. The van der Waals surface area contributed by atoms with Crippen molar-refractivity contribution in [2.24, 2.45) is 10.9 Å². The fraction of sp³-hybridized carbons (Fsp3) is 0.360. The SMILES string of the molecule is N=C(NC1CC(N)C1)c1ccc(OCC(O/N=C(\C(=O)N[C@@H]2C(=O)N(S(=O)(=O)O)[C@@H]2Cn2cncn2)c2csc(N)n2)C(=O)O)cc1. The topological polar surface area (TPSA) is 303 Å². The van der Waals surface area contributed by atoms with Gasteiger partial charge in [0.1, 0.15) is 42.6 Å². The predicted octanol–water partition coefficient (Wildman–Crippen LogP) is -1.83. The molecule has 0 radical (unpaired) electrons. The van der Waals surface area contributed by atoms with Gasteiger partial charge in [-0.25, -0.2) is 19.1 Å². The highest BCUT2D eigenvalue weighted by atomic mass is 32.2. The third-order valence-corrected chi connectivity index (χ3v) is 8.76. The minimum absolute atomic E-state index is 0.0305. The highest BCUT2D eigenvalue weighted by Gasteiger charge is 2.54. The molecule has 2 aromatic heterocycles. The highest BCUT2D eigenvalue weighted by molar-refractivity contribution is 7.84. The van der Waals surface area contributed by atoms with E-state index in [1.807, 2.05) is 0 Å². The van der Waals surface area contributed by atoms with Gasteiger partial charge in [0, 0.05) is 23.0 Å². The van der Waals surface area contributed by atoms with E-state index < -0.39 is 58.6 Å². The molecule has 20 nitrogen and oxygen atoms in total. The molecule has 9 N–H and O–H groups in total. The molecule has 3 atom stereocenters. The molecule has 22 heteroatoms. The summed E-state index contributed by atoms with van der Waals surface area (Å²) in [5.41, 5.74) is 11.4. The Kier molecular flexibility index (Phi) is 9.64. The summed E-state index contributed by atoms with van der Waals surface area (Å²) in [5.74, 6) is -3.25. The van der Waals surface area contributed by atoms with Crippen LogP contribution in [0.2, 0.25) is 0 Å². The first-order valence-corrected chi connectivity index (χ1v) is 16.0. The fourth-order valence-electron chi connectivity index (χ4n) is 4.69. The van der Waals surface area contributed by atoms with Crippen molar-refractivity contribution in [3.05, 3.63) is 53.6 Å². The molecule has 3 heterocycles. The lowest BCUT2D eigenvalue weighted by Crippen LogP contribution is -2.73. The highest BCUT2D eigenvalue weighted by Crippen LogP contribution is 2.25. The Hall–Kier alpha value is -5.19. The number of nitrogens with zero attached hydrogens (tertiary/aromatic N) is 6. The zero-order chi connectivity index (χ0) is 33.9. The molecule has 1 saturated heterocycles. The van der Waals surface area contributed by atoms with Gasteiger partial charge in [-0.15, -0.1) is 11.3 Å². The number of rotatable bonds is 14. The molecule has 47 heavy (non-hydrogen) atoms. The van der Waals surface area contributed by atoms with Gasteiger partial charge in [-0.05, 0) is 37.1 Å². The number of benzene rings is 1. The molecule has 1 unspecified atom stereocenters. The van der Waals surface area contributed by atoms with Crippen LogP contribution in [-0.4, -0.2) is 108 Å². The van der Waals surface area contributed by atoms with E-state index in [-0.39, 0.29) is 45.3 Å². The molecule has 0 spiro atoms. The summed E-state index contributed by atoms with van der Waals surface area (Å²) in [7, 11) is -4.99. The molecular formula is C25H29N11O9S2. The van der Waals surface area contributed by atoms with Crippen LogP contribution in [0.25, 0.3) is 0 Å². The van der Waals surface area contributed by atoms with Crippen LogP contribution < -0.4 is 26.8 Å². The third-order valence-electron chi connectivity index (χ3n) is 7.14. The standard InChI is InChI=1S/C25H29N11O9S2/c26-13-5-14(6-13)31-21(27)12-1-3-15(4-2-12)44-8-18(24(39)40)45-34-19(16-9-46-25(28)32-16)22(37)33-20-17(7-35-11-29-10-30-35)36(23(20)38)47(41,42)43/h1-4,9-11,13-14,17-18,20H,5-8,26H2,(H2,27,31)(H2,28,32)(H,33,37)(H,39,40)(H,41,42,43)/b34-19-/t13?,14?,17-,18?,20+/m1/s1. The van der Waals surface area contributed by atoms with E-state index in [1.165, 1.54) is 16.4 Å². The van der Waals surface area contributed by atoms with E-state index in [2.05, 4.69) is 30.9 Å². The number of carboxylic acid groups (broad SMARTS) is 1. The lowest BCUT2D eigenvalue weighted by atomic mass is 9.87. The Labute approximate surface area is 270 Å². The van der Waals surface area contributed by atoms with Crippen molar-refractivity contribution in [2.75, 3.05) is 12.3 Å². The smallest absolute Gasteiger partial charge is 0.362 e. The van der Waals surface area contributed by atoms with Gasteiger partial charge in [-0.1, -0.05) is 5.16 Å². The van der Waals surface area contributed by atoms with Crippen molar-refractivity contribution in [1.82, 2.24) is 34.7 Å². The van der Waals surface area contributed by atoms with Crippen molar-refractivity contribution in [2.45, 2.75) is 49.7 Å². The van der Waals surface area contributed by atoms with Gasteiger partial charge in [-0.3, -0.25) is 24.2 Å². The molecule has 250 valence electrons. The van der Waals surface area contributed by atoms with Crippen LogP contribution in [0, 0.1) is 5.41 Å². The number of oxime groups is 1. The first-order valence-electron chi connectivity index (χ1n) is 13.8. The second-order valence-electron chi connectivity index (χ2n) is 10.5. The van der Waals surface area contributed by atoms with Gasteiger partial charge in [0.2, 0.25) is 0 Å². The fourth-order valence-corrected chi connectivity index (χ4v) is 6.11. The molecule has 2 aliphatic rings. The summed E-state index contributed by atoms with van der Waals surface area (Å²) in [6.07, 6.45) is 2.22. The summed E-state index contributed by atoms with van der Waals surface area (Å²) >= 11 is 0.933. The van der Waals surface area contributed by atoms with E-state index in [0.717, 1.165) is 30.5 Å². The molecule has 3 aromatic rings. The van der Waals surface area contributed by atoms with Gasteiger partial charge in [0.15, 0.2) is 10.8 Å². The zero-order valence-corrected chi connectivity index (χ0v) is 25.8. The number of carbonyl (C=O) groups is 3. The van der Waals surface area contributed by atoms with Crippen molar-refractivity contribution in [3.8, 4) is 5.75 Å². The summed E-state index contributed by atoms with van der Waals surface area (Å²) in [6, 6.07) is 3.81. The number of nitrogen functional groups attached to an aromatic ring is 1. The molecular weight excluding hydrogens is 662 g/mol. The third kappa shape index (κ3) is 7.79. The van der Waals surface area contributed by atoms with E-state index in [1.54, 1.807) is 24.3 Å². The maximum absolute atomic E-state index is 13.3. The number of aromatic nitrogens is 4. The van der Waals surface area contributed by atoms with Crippen molar-refractivity contribution in [3.63, 3.8) is 0 Å². The van der Waals surface area contributed by atoms with Crippen LogP contribution in [0.4, 0.5) is 5.13 Å². The van der Waals surface area contributed by atoms with E-state index >= 15 is 0 Å². The molecule has 5 rings (SSSR count). The van der Waals surface area contributed by atoms with E-state index in [4.69, 9.17) is 26.5 Å². The molecule has 1 aliphatic carbocycles. The van der Waals surface area contributed by atoms with Crippen LogP contribution >= 0.6 is 11.3 Å². The normalized spacial score (nSPS) is 21.6. The van der Waals surface area contributed by atoms with Crippen molar-refractivity contribution >= 4 is 56.1 Å². The second-order valence-corrected chi connectivity index (χ2v) is 12.7. The number of ether oxygens (including phenoxy) is 1. The monoisotopic (exact) mass is 691 g/mol. The number of hydrogen-bond donors (Lipinski definition) is 7. The minimum atomic E-state index is -4.99. The summed E-state index contributed by atoms with van der Waals surface area (Å²) in [5, 5.41) is 32.2.